The smallest absolute Gasteiger partial charge is 0.129 e. The summed E-state index contributed by atoms with van der Waals surface area (Å²) in [6.45, 7) is 10.6. The van der Waals surface area contributed by atoms with E-state index >= 15 is 0 Å². The fraction of sp³-hybridized carbons (Fsp3) is 0.647. The first-order chi connectivity index (χ1) is 9.38. The van der Waals surface area contributed by atoms with Gasteiger partial charge < -0.3 is 5.32 Å². The molecule has 1 rings (SSSR count). The van der Waals surface area contributed by atoms with Gasteiger partial charge in [-0.25, -0.2) is 8.78 Å². The molecule has 0 amide bonds. The Kier molecular flexibility index (Phi) is 7.14. The summed E-state index contributed by atoms with van der Waals surface area (Å²) in [5.41, 5.74) is 0.614. The summed E-state index contributed by atoms with van der Waals surface area (Å²) >= 11 is 0. The normalized spacial score (nSPS) is 13.2. The molecular formula is C17H27F2N. The maximum absolute atomic E-state index is 13.7. The fourth-order valence-corrected chi connectivity index (χ4v) is 2.48. The van der Waals surface area contributed by atoms with Crippen molar-refractivity contribution >= 4 is 0 Å². The second kappa shape index (κ2) is 8.35. The van der Waals surface area contributed by atoms with Crippen LogP contribution < -0.4 is 5.32 Å². The molecule has 1 nitrogen and oxygen atoms in total. The molecule has 1 atom stereocenters. The molecule has 0 saturated carbocycles. The van der Waals surface area contributed by atoms with Crippen molar-refractivity contribution in [1.82, 2.24) is 5.32 Å². The Morgan fingerprint density at radius 3 is 2.25 bits per heavy atom. The van der Waals surface area contributed by atoms with Crippen LogP contribution in [0.15, 0.2) is 18.2 Å². The molecule has 0 aliphatic carbocycles. The van der Waals surface area contributed by atoms with Crippen molar-refractivity contribution < 1.29 is 8.78 Å². The third kappa shape index (κ3) is 6.47. The van der Waals surface area contributed by atoms with E-state index in [1.54, 1.807) is 6.07 Å². The van der Waals surface area contributed by atoms with Crippen LogP contribution in [0.3, 0.4) is 0 Å². The predicted molar refractivity (Wildman–Crippen MR) is 80.7 cm³/mol. The van der Waals surface area contributed by atoms with Crippen LogP contribution in [0.5, 0.6) is 0 Å². The second-order valence-electron chi connectivity index (χ2n) is 6.49. The van der Waals surface area contributed by atoms with Gasteiger partial charge in [-0.1, -0.05) is 33.8 Å². The quantitative estimate of drug-likeness (QED) is 0.745. The predicted octanol–water partition coefficient (Wildman–Crippen LogP) is 4.42. The van der Waals surface area contributed by atoms with Gasteiger partial charge in [-0.05, 0) is 55.3 Å². The first-order valence-electron chi connectivity index (χ1n) is 7.53. The zero-order chi connectivity index (χ0) is 15.1. The van der Waals surface area contributed by atoms with E-state index in [9.17, 15) is 8.78 Å². The number of halogens is 2. The molecule has 0 aliphatic heterocycles. The van der Waals surface area contributed by atoms with Gasteiger partial charge in [0.2, 0.25) is 0 Å². The van der Waals surface area contributed by atoms with Gasteiger partial charge in [0.15, 0.2) is 0 Å². The zero-order valence-corrected chi connectivity index (χ0v) is 13.0. The molecule has 1 N–H and O–H groups in total. The first-order valence-corrected chi connectivity index (χ1v) is 7.53. The van der Waals surface area contributed by atoms with Gasteiger partial charge >= 0.3 is 0 Å². The molecular weight excluding hydrogens is 256 g/mol. The zero-order valence-electron chi connectivity index (χ0n) is 13.0. The Morgan fingerprint density at radius 1 is 1.00 bits per heavy atom. The van der Waals surface area contributed by atoms with E-state index in [1.165, 1.54) is 6.07 Å². The molecule has 1 unspecified atom stereocenters. The second-order valence-corrected chi connectivity index (χ2v) is 6.49. The molecule has 0 heterocycles. The summed E-state index contributed by atoms with van der Waals surface area (Å²) in [7, 11) is 0. The van der Waals surface area contributed by atoms with E-state index < -0.39 is 11.6 Å². The minimum absolute atomic E-state index is 0.383. The molecule has 0 aliphatic rings. The molecule has 114 valence electrons. The van der Waals surface area contributed by atoms with Gasteiger partial charge in [0.25, 0.3) is 0 Å². The minimum atomic E-state index is -0.510. The average molecular weight is 283 g/mol. The van der Waals surface area contributed by atoms with Crippen molar-refractivity contribution in [3.05, 3.63) is 35.4 Å². The molecule has 0 saturated heterocycles. The maximum atomic E-state index is 13.7. The lowest BCUT2D eigenvalue weighted by Gasteiger charge is -2.21. The van der Waals surface area contributed by atoms with Crippen LogP contribution in [-0.4, -0.2) is 13.1 Å². The Hall–Kier alpha value is -0.960. The van der Waals surface area contributed by atoms with Gasteiger partial charge in [-0.15, -0.1) is 0 Å². The van der Waals surface area contributed by atoms with Crippen LogP contribution in [0.1, 0.15) is 39.7 Å². The number of rotatable bonds is 8. The molecule has 1 aromatic carbocycles. The lowest BCUT2D eigenvalue weighted by Crippen LogP contribution is -2.28. The van der Waals surface area contributed by atoms with Gasteiger partial charge in [-0.2, -0.15) is 0 Å². The number of benzene rings is 1. The Morgan fingerprint density at radius 2 is 1.70 bits per heavy atom. The third-order valence-electron chi connectivity index (χ3n) is 3.31. The van der Waals surface area contributed by atoms with Crippen LogP contribution >= 0.6 is 0 Å². The van der Waals surface area contributed by atoms with Gasteiger partial charge in [-0.3, -0.25) is 0 Å². The van der Waals surface area contributed by atoms with Crippen molar-refractivity contribution in [2.24, 2.45) is 17.8 Å². The lowest BCUT2D eigenvalue weighted by molar-refractivity contribution is 0.372. The standard InChI is InChI=1S/C17H27F2N/c1-12(2)7-14(11-20-10-13(3)4)8-15-5-6-16(18)9-17(15)19/h5-6,9,12-14,20H,7-8,10-11H2,1-4H3. The molecule has 0 fully saturated rings. The van der Waals surface area contributed by atoms with E-state index in [2.05, 4.69) is 33.0 Å². The highest BCUT2D eigenvalue weighted by Crippen LogP contribution is 2.19. The molecule has 0 bridgehead atoms. The van der Waals surface area contributed by atoms with E-state index in [1.807, 2.05) is 0 Å². The summed E-state index contributed by atoms with van der Waals surface area (Å²) in [6.07, 6.45) is 1.71. The van der Waals surface area contributed by atoms with E-state index in [-0.39, 0.29) is 0 Å². The molecule has 0 spiro atoms. The summed E-state index contributed by atoms with van der Waals surface area (Å²) < 4.78 is 26.7. The van der Waals surface area contributed by atoms with Crippen molar-refractivity contribution in [1.29, 1.82) is 0 Å². The number of nitrogens with one attached hydrogen (secondary N) is 1. The highest BCUT2D eigenvalue weighted by Gasteiger charge is 2.14. The summed E-state index contributed by atoms with van der Waals surface area (Å²) in [4.78, 5) is 0. The third-order valence-corrected chi connectivity index (χ3v) is 3.31. The highest BCUT2D eigenvalue weighted by atomic mass is 19.1. The topological polar surface area (TPSA) is 12.0 Å². The summed E-state index contributed by atoms with van der Waals surface area (Å²) in [5.74, 6) is 0.627. The number of hydrogen-bond donors (Lipinski definition) is 1. The molecule has 20 heavy (non-hydrogen) atoms. The SMILES string of the molecule is CC(C)CNCC(Cc1ccc(F)cc1F)CC(C)C. The van der Waals surface area contributed by atoms with Crippen molar-refractivity contribution in [3.8, 4) is 0 Å². The van der Waals surface area contributed by atoms with Gasteiger partial charge in [0, 0.05) is 6.07 Å². The van der Waals surface area contributed by atoms with E-state index in [0.29, 0.717) is 29.7 Å². The van der Waals surface area contributed by atoms with Crippen LogP contribution in [0.25, 0.3) is 0 Å². The number of hydrogen-bond acceptors (Lipinski definition) is 1. The van der Waals surface area contributed by atoms with Gasteiger partial charge in [0.1, 0.15) is 11.6 Å². The van der Waals surface area contributed by atoms with Crippen LogP contribution in [0, 0.1) is 29.4 Å². The lowest BCUT2D eigenvalue weighted by atomic mass is 9.90. The minimum Gasteiger partial charge on any atom is -0.316 e. The fourth-order valence-electron chi connectivity index (χ4n) is 2.48. The van der Waals surface area contributed by atoms with Gasteiger partial charge in [0.05, 0.1) is 0 Å². The highest BCUT2D eigenvalue weighted by molar-refractivity contribution is 5.19. The largest absolute Gasteiger partial charge is 0.316 e. The van der Waals surface area contributed by atoms with Crippen LogP contribution in [0.2, 0.25) is 0 Å². The summed E-state index contributed by atoms with van der Waals surface area (Å²) in [6, 6.07) is 3.89. The van der Waals surface area contributed by atoms with Crippen molar-refractivity contribution in [3.63, 3.8) is 0 Å². The Balaban J connectivity index is 2.63. The monoisotopic (exact) mass is 283 g/mol. The molecule has 0 radical (unpaired) electrons. The molecule has 1 aromatic rings. The Bertz CT molecular complexity index is 402. The Labute approximate surface area is 121 Å². The molecule has 3 heteroatoms. The average Bonchev–Trinajstić information content (AvgIpc) is 2.31. The van der Waals surface area contributed by atoms with Crippen molar-refractivity contribution in [2.45, 2.75) is 40.5 Å². The molecule has 0 aromatic heterocycles. The van der Waals surface area contributed by atoms with Crippen LogP contribution in [-0.2, 0) is 6.42 Å². The van der Waals surface area contributed by atoms with E-state index in [0.717, 1.165) is 25.6 Å². The van der Waals surface area contributed by atoms with E-state index in [4.69, 9.17) is 0 Å². The van der Waals surface area contributed by atoms with Crippen molar-refractivity contribution in [2.75, 3.05) is 13.1 Å². The maximum Gasteiger partial charge on any atom is 0.129 e. The van der Waals surface area contributed by atoms with Crippen LogP contribution in [0.4, 0.5) is 8.78 Å². The summed E-state index contributed by atoms with van der Waals surface area (Å²) in [5, 5.41) is 3.44. The first kappa shape index (κ1) is 17.1.